The number of nitrogens with one attached hydrogen (secondary N) is 1. The molecule has 0 bridgehead atoms. The van der Waals surface area contributed by atoms with E-state index in [1.807, 2.05) is 61.5 Å². The van der Waals surface area contributed by atoms with Gasteiger partial charge in [0.25, 0.3) is 0 Å². The third-order valence-corrected chi connectivity index (χ3v) is 4.56. The first-order chi connectivity index (χ1) is 14.1. The molecule has 3 aromatic rings. The Kier molecular flexibility index (Phi) is 7.91. The van der Waals surface area contributed by atoms with Crippen LogP contribution in [0.4, 0.5) is 5.69 Å². The average Bonchev–Trinajstić information content (AvgIpc) is 2.73. The molecular weight excluding hydrogens is 409 g/mol. The second kappa shape index (κ2) is 10.8. The molecule has 0 aliphatic heterocycles. The fourth-order valence-electron chi connectivity index (χ4n) is 2.60. The largest absolute Gasteiger partial charge is 0.490 e. The Bertz CT molecular complexity index is 888. The summed E-state index contributed by atoms with van der Waals surface area (Å²) in [6, 6.07) is 22.7. The molecule has 0 radical (unpaired) electrons. The Morgan fingerprint density at radius 1 is 0.828 bits per heavy atom. The van der Waals surface area contributed by atoms with Crippen LogP contribution in [0.25, 0.3) is 0 Å². The van der Waals surface area contributed by atoms with Crippen LogP contribution in [0.5, 0.6) is 17.2 Å². The molecule has 3 aromatic carbocycles. The van der Waals surface area contributed by atoms with Gasteiger partial charge in [-0.3, -0.25) is 0 Å². The summed E-state index contributed by atoms with van der Waals surface area (Å²) in [4.78, 5) is 0. The molecule has 1 atom stereocenters. The van der Waals surface area contributed by atoms with Crippen LogP contribution in [0.3, 0.4) is 0 Å². The van der Waals surface area contributed by atoms with Crippen LogP contribution >= 0.6 is 23.2 Å². The topological polar surface area (TPSA) is 39.7 Å². The maximum Gasteiger partial charge on any atom is 0.138 e. The summed E-state index contributed by atoms with van der Waals surface area (Å²) in [5.41, 5.74) is 0.982. The van der Waals surface area contributed by atoms with E-state index in [2.05, 4.69) is 5.32 Å². The van der Waals surface area contributed by atoms with Crippen LogP contribution in [-0.4, -0.2) is 25.9 Å². The lowest BCUT2D eigenvalue weighted by Gasteiger charge is -2.17. The molecule has 1 N–H and O–H groups in total. The van der Waals surface area contributed by atoms with E-state index in [-0.39, 0.29) is 6.10 Å². The second-order valence-corrected chi connectivity index (χ2v) is 7.26. The minimum absolute atomic E-state index is 0.0697. The lowest BCUT2D eigenvalue weighted by molar-refractivity contribution is 0.217. The van der Waals surface area contributed by atoms with Crippen LogP contribution in [0, 0.1) is 0 Å². The van der Waals surface area contributed by atoms with Crippen LogP contribution < -0.4 is 19.5 Å². The zero-order valence-corrected chi connectivity index (χ0v) is 17.6. The first-order valence-electron chi connectivity index (χ1n) is 9.36. The summed E-state index contributed by atoms with van der Waals surface area (Å²) in [5.74, 6) is 2.25. The zero-order chi connectivity index (χ0) is 20.5. The minimum atomic E-state index is -0.0697. The fraction of sp³-hybridized carbons (Fsp3) is 0.217. The van der Waals surface area contributed by atoms with Crippen LogP contribution in [0.15, 0.2) is 72.8 Å². The van der Waals surface area contributed by atoms with Gasteiger partial charge in [0, 0.05) is 10.7 Å². The molecule has 0 amide bonds. The lowest BCUT2D eigenvalue weighted by atomic mass is 10.3. The lowest BCUT2D eigenvalue weighted by Crippen LogP contribution is -2.22. The van der Waals surface area contributed by atoms with Crippen molar-refractivity contribution < 1.29 is 14.2 Å². The maximum atomic E-state index is 6.14. The number of ether oxygens (including phenoxy) is 3. The van der Waals surface area contributed by atoms with Crippen molar-refractivity contribution in [3.05, 3.63) is 82.8 Å². The average molecular weight is 432 g/mol. The summed E-state index contributed by atoms with van der Waals surface area (Å²) in [7, 11) is 0. The third kappa shape index (κ3) is 7.08. The molecule has 1 unspecified atom stereocenters. The molecule has 0 aliphatic carbocycles. The summed E-state index contributed by atoms with van der Waals surface area (Å²) >= 11 is 12.0. The molecule has 0 aliphatic rings. The smallest absolute Gasteiger partial charge is 0.138 e. The van der Waals surface area contributed by atoms with Crippen molar-refractivity contribution in [2.24, 2.45) is 0 Å². The van der Waals surface area contributed by atoms with Crippen molar-refractivity contribution in [2.45, 2.75) is 13.0 Å². The third-order valence-electron chi connectivity index (χ3n) is 4.03. The number of para-hydroxylation sites is 1. The van der Waals surface area contributed by atoms with Crippen molar-refractivity contribution in [3.8, 4) is 17.2 Å². The quantitative estimate of drug-likeness (QED) is 0.380. The molecule has 0 saturated carbocycles. The Hall–Kier alpha value is -2.56. The Balaban J connectivity index is 1.38. The second-order valence-electron chi connectivity index (χ2n) is 6.42. The summed E-state index contributed by atoms with van der Waals surface area (Å²) in [6.07, 6.45) is -0.0697. The number of rotatable bonds is 10. The molecule has 29 heavy (non-hydrogen) atoms. The Morgan fingerprint density at radius 3 is 2.14 bits per heavy atom. The number of hydrogen-bond acceptors (Lipinski definition) is 4. The molecule has 3 rings (SSSR count). The van der Waals surface area contributed by atoms with Gasteiger partial charge in [-0.15, -0.1) is 0 Å². The standard InChI is InChI=1S/C23H23Cl2NO3/c1-17(29-23-12-7-18(24)15-22(23)25)16-26-19-8-10-21(11-9-19)28-14-13-27-20-5-3-2-4-6-20/h2-12,15,17,26H,13-14,16H2,1H3. The molecule has 0 saturated heterocycles. The van der Waals surface area contributed by atoms with Crippen LogP contribution in [-0.2, 0) is 0 Å². The summed E-state index contributed by atoms with van der Waals surface area (Å²) < 4.78 is 17.2. The van der Waals surface area contributed by atoms with Gasteiger partial charge in [0.15, 0.2) is 0 Å². The van der Waals surface area contributed by atoms with E-state index in [4.69, 9.17) is 37.4 Å². The van der Waals surface area contributed by atoms with E-state index < -0.39 is 0 Å². The van der Waals surface area contributed by atoms with Crippen molar-refractivity contribution in [1.29, 1.82) is 0 Å². The monoisotopic (exact) mass is 431 g/mol. The Labute approximate surface area is 181 Å². The van der Waals surface area contributed by atoms with Crippen molar-refractivity contribution in [3.63, 3.8) is 0 Å². The highest BCUT2D eigenvalue weighted by atomic mass is 35.5. The van der Waals surface area contributed by atoms with E-state index in [1.54, 1.807) is 18.2 Å². The van der Waals surface area contributed by atoms with E-state index >= 15 is 0 Å². The number of halogens is 2. The molecule has 0 fully saturated rings. The maximum absolute atomic E-state index is 6.14. The van der Waals surface area contributed by atoms with Gasteiger partial charge in [0.05, 0.1) is 11.6 Å². The van der Waals surface area contributed by atoms with Gasteiger partial charge in [-0.2, -0.15) is 0 Å². The molecule has 152 valence electrons. The van der Waals surface area contributed by atoms with Gasteiger partial charge in [0.2, 0.25) is 0 Å². The summed E-state index contributed by atoms with van der Waals surface area (Å²) in [5, 5.41) is 4.42. The van der Waals surface area contributed by atoms with E-state index in [9.17, 15) is 0 Å². The van der Waals surface area contributed by atoms with Gasteiger partial charge in [0.1, 0.15) is 36.6 Å². The highest BCUT2D eigenvalue weighted by molar-refractivity contribution is 6.35. The molecule has 4 nitrogen and oxygen atoms in total. The molecule has 0 aromatic heterocycles. The number of hydrogen-bond donors (Lipinski definition) is 1. The number of benzene rings is 3. The minimum Gasteiger partial charge on any atom is -0.490 e. The van der Waals surface area contributed by atoms with Crippen LogP contribution in [0.1, 0.15) is 6.92 Å². The SMILES string of the molecule is CC(CNc1ccc(OCCOc2ccccc2)cc1)Oc1ccc(Cl)cc1Cl. The van der Waals surface area contributed by atoms with E-state index in [1.165, 1.54) is 0 Å². The Morgan fingerprint density at radius 2 is 1.48 bits per heavy atom. The normalized spacial score (nSPS) is 11.6. The first-order valence-corrected chi connectivity index (χ1v) is 10.1. The number of anilines is 1. The predicted octanol–water partition coefficient (Wildman–Crippen LogP) is 6.33. The summed E-state index contributed by atoms with van der Waals surface area (Å²) in [6.45, 7) is 3.58. The highest BCUT2D eigenvalue weighted by Crippen LogP contribution is 2.28. The van der Waals surface area contributed by atoms with Crippen molar-refractivity contribution in [1.82, 2.24) is 0 Å². The molecule has 0 heterocycles. The first kappa shape index (κ1) is 21.2. The zero-order valence-electron chi connectivity index (χ0n) is 16.1. The predicted molar refractivity (Wildman–Crippen MR) is 119 cm³/mol. The van der Waals surface area contributed by atoms with Gasteiger partial charge in [-0.25, -0.2) is 0 Å². The van der Waals surface area contributed by atoms with E-state index in [0.29, 0.717) is 35.6 Å². The van der Waals surface area contributed by atoms with Gasteiger partial charge in [-0.05, 0) is 61.5 Å². The van der Waals surface area contributed by atoms with Crippen LogP contribution in [0.2, 0.25) is 10.0 Å². The molecular formula is C23H23Cl2NO3. The van der Waals surface area contributed by atoms with Gasteiger partial charge in [-0.1, -0.05) is 41.4 Å². The van der Waals surface area contributed by atoms with Gasteiger partial charge < -0.3 is 19.5 Å². The van der Waals surface area contributed by atoms with Crippen molar-refractivity contribution >= 4 is 28.9 Å². The molecule has 0 spiro atoms. The van der Waals surface area contributed by atoms with Gasteiger partial charge >= 0.3 is 0 Å². The fourth-order valence-corrected chi connectivity index (χ4v) is 3.05. The van der Waals surface area contributed by atoms with Crippen molar-refractivity contribution in [2.75, 3.05) is 25.1 Å². The highest BCUT2D eigenvalue weighted by Gasteiger charge is 2.08. The molecule has 6 heteroatoms. The van der Waals surface area contributed by atoms with E-state index in [0.717, 1.165) is 17.2 Å².